The molecule has 1 amide bonds. The lowest BCUT2D eigenvalue weighted by Crippen LogP contribution is -2.14. The lowest BCUT2D eigenvalue weighted by molar-refractivity contribution is -0.113. The van der Waals surface area contributed by atoms with Gasteiger partial charge in [0.1, 0.15) is 5.01 Å². The van der Waals surface area contributed by atoms with Crippen LogP contribution in [0.4, 0.5) is 5.13 Å². The van der Waals surface area contributed by atoms with Gasteiger partial charge in [0.15, 0.2) is 5.65 Å². The number of hydrogen-bond donors (Lipinski definition) is 1. The maximum Gasteiger partial charge on any atom is 0.236 e. The van der Waals surface area contributed by atoms with Gasteiger partial charge in [-0.15, -0.1) is 20.4 Å². The number of nitrogens with one attached hydrogen (secondary N) is 1. The Bertz CT molecular complexity index is 1140. The van der Waals surface area contributed by atoms with Crippen molar-refractivity contribution in [2.75, 3.05) is 11.1 Å². The van der Waals surface area contributed by atoms with E-state index in [9.17, 15) is 4.79 Å². The predicted molar refractivity (Wildman–Crippen MR) is 114 cm³/mol. The molecule has 4 aromatic rings. The highest BCUT2D eigenvalue weighted by atomic mass is 32.2. The van der Waals surface area contributed by atoms with Gasteiger partial charge in [-0.3, -0.25) is 10.1 Å². The van der Waals surface area contributed by atoms with E-state index in [1.54, 1.807) is 4.52 Å². The fourth-order valence-corrected chi connectivity index (χ4v) is 4.04. The minimum absolute atomic E-state index is 0.170. The molecule has 0 aliphatic carbocycles. The van der Waals surface area contributed by atoms with Crippen LogP contribution in [0.3, 0.4) is 0 Å². The summed E-state index contributed by atoms with van der Waals surface area (Å²) in [5.41, 5.74) is 3.77. The van der Waals surface area contributed by atoms with Gasteiger partial charge in [-0.1, -0.05) is 61.2 Å². The number of rotatable bonds is 7. The quantitative estimate of drug-likeness (QED) is 0.453. The number of aryl methyl sites for hydroxylation is 2. The van der Waals surface area contributed by atoms with Crippen molar-refractivity contribution >= 4 is 39.8 Å². The molecule has 0 radical (unpaired) electrons. The Morgan fingerprint density at radius 3 is 2.59 bits per heavy atom. The highest BCUT2D eigenvalue weighted by molar-refractivity contribution is 7.99. The molecule has 0 saturated carbocycles. The van der Waals surface area contributed by atoms with Gasteiger partial charge >= 0.3 is 0 Å². The molecular weight excluding hydrogens is 406 g/mol. The molecular formula is C19H19N7OS2. The topological polar surface area (TPSA) is 98.0 Å². The molecule has 1 aromatic carbocycles. The van der Waals surface area contributed by atoms with Gasteiger partial charge in [0, 0.05) is 5.56 Å². The zero-order chi connectivity index (χ0) is 20.2. The van der Waals surface area contributed by atoms with Crippen LogP contribution in [-0.2, 0) is 17.6 Å². The maximum atomic E-state index is 12.2. The average Bonchev–Trinajstić information content (AvgIpc) is 3.38. The largest absolute Gasteiger partial charge is 0.300 e. The van der Waals surface area contributed by atoms with Gasteiger partial charge in [-0.05, 0) is 30.5 Å². The van der Waals surface area contributed by atoms with Crippen LogP contribution in [0, 0.1) is 0 Å². The number of carbonyl (C=O) groups is 1. The van der Waals surface area contributed by atoms with Crippen molar-refractivity contribution in [3.8, 4) is 11.3 Å². The third kappa shape index (κ3) is 4.43. The second kappa shape index (κ2) is 8.66. The molecule has 0 fully saturated rings. The summed E-state index contributed by atoms with van der Waals surface area (Å²) in [6.07, 6.45) is 1.79. The smallest absolute Gasteiger partial charge is 0.236 e. The summed E-state index contributed by atoms with van der Waals surface area (Å²) in [5.74, 6) is 0.00993. The molecule has 0 unspecified atom stereocenters. The molecule has 0 aliphatic heterocycles. The number of aromatic nitrogens is 6. The van der Waals surface area contributed by atoms with E-state index in [-0.39, 0.29) is 11.7 Å². The number of nitrogens with zero attached hydrogens (tertiary/aromatic N) is 6. The Morgan fingerprint density at radius 2 is 1.86 bits per heavy atom. The summed E-state index contributed by atoms with van der Waals surface area (Å²) in [5, 5.41) is 25.6. The first-order chi connectivity index (χ1) is 14.2. The Hall–Kier alpha value is -2.85. The molecule has 3 heterocycles. The third-order valence-electron chi connectivity index (χ3n) is 4.24. The monoisotopic (exact) mass is 425 g/mol. The van der Waals surface area contributed by atoms with E-state index in [0.29, 0.717) is 15.9 Å². The normalized spacial score (nSPS) is 11.1. The minimum atomic E-state index is -0.170. The first kappa shape index (κ1) is 19.5. The number of benzene rings is 1. The Labute approximate surface area is 175 Å². The first-order valence-corrected chi connectivity index (χ1v) is 11.0. The summed E-state index contributed by atoms with van der Waals surface area (Å²) in [6.45, 7) is 4.13. The predicted octanol–water partition coefficient (Wildman–Crippen LogP) is 3.50. The first-order valence-electron chi connectivity index (χ1n) is 9.23. The van der Waals surface area contributed by atoms with E-state index in [1.807, 2.05) is 19.1 Å². The summed E-state index contributed by atoms with van der Waals surface area (Å²) >= 11 is 2.66. The summed E-state index contributed by atoms with van der Waals surface area (Å²) in [6, 6.07) is 12.1. The van der Waals surface area contributed by atoms with Crippen LogP contribution in [0.25, 0.3) is 16.9 Å². The molecule has 148 valence electrons. The number of thioether (sulfide) groups is 1. The molecule has 10 heteroatoms. The van der Waals surface area contributed by atoms with Crippen molar-refractivity contribution in [3.05, 3.63) is 47.0 Å². The molecule has 3 aromatic heterocycles. The number of carbonyl (C=O) groups excluding carboxylic acids is 1. The zero-order valence-corrected chi connectivity index (χ0v) is 17.6. The molecule has 0 bridgehead atoms. The van der Waals surface area contributed by atoms with Crippen LogP contribution in [0.2, 0.25) is 0 Å². The Morgan fingerprint density at radius 1 is 1.03 bits per heavy atom. The Balaban J connectivity index is 1.47. The van der Waals surface area contributed by atoms with E-state index < -0.39 is 0 Å². The minimum Gasteiger partial charge on any atom is -0.300 e. The van der Waals surface area contributed by atoms with Crippen LogP contribution in [0.15, 0.2) is 41.6 Å². The molecule has 0 spiro atoms. The van der Waals surface area contributed by atoms with E-state index in [4.69, 9.17) is 0 Å². The molecule has 29 heavy (non-hydrogen) atoms. The van der Waals surface area contributed by atoms with Crippen molar-refractivity contribution in [2.45, 2.75) is 31.8 Å². The lowest BCUT2D eigenvalue weighted by atomic mass is 10.1. The van der Waals surface area contributed by atoms with Crippen LogP contribution in [0.1, 0.15) is 24.4 Å². The van der Waals surface area contributed by atoms with Crippen LogP contribution in [-0.4, -0.2) is 41.7 Å². The lowest BCUT2D eigenvalue weighted by Gasteiger charge is -2.04. The van der Waals surface area contributed by atoms with Crippen LogP contribution < -0.4 is 5.32 Å². The maximum absolute atomic E-state index is 12.2. The molecule has 0 saturated heterocycles. The Kier molecular flexibility index (Phi) is 5.81. The SMILES string of the molecule is CCc1ccc(-c2ccc3nnc(SCC(=O)Nc4nnc(CC)s4)n3n2)cc1. The molecule has 0 atom stereocenters. The van der Waals surface area contributed by atoms with Crippen molar-refractivity contribution in [1.29, 1.82) is 0 Å². The number of fused-ring (bicyclic) bond motifs is 1. The standard InChI is InChI=1S/C19H19N7OS2/c1-3-12-5-7-13(8-6-12)14-9-10-15-21-24-19(26(15)25-14)28-11-16(27)20-18-23-22-17(4-2)29-18/h5-10H,3-4,11H2,1-2H3,(H,20,23,27). The summed E-state index contributed by atoms with van der Waals surface area (Å²) < 4.78 is 1.67. The van der Waals surface area contributed by atoms with Gasteiger partial charge in [0.25, 0.3) is 0 Å². The van der Waals surface area contributed by atoms with Crippen molar-refractivity contribution in [3.63, 3.8) is 0 Å². The van der Waals surface area contributed by atoms with Crippen molar-refractivity contribution in [1.82, 2.24) is 30.0 Å². The highest BCUT2D eigenvalue weighted by Crippen LogP contribution is 2.22. The van der Waals surface area contributed by atoms with Crippen LogP contribution in [0.5, 0.6) is 0 Å². The fourth-order valence-electron chi connectivity index (χ4n) is 2.66. The van der Waals surface area contributed by atoms with E-state index in [0.717, 1.165) is 29.1 Å². The molecule has 8 nitrogen and oxygen atoms in total. The van der Waals surface area contributed by atoms with E-state index in [2.05, 4.69) is 62.0 Å². The van der Waals surface area contributed by atoms with Gasteiger partial charge < -0.3 is 0 Å². The second-order valence-electron chi connectivity index (χ2n) is 6.21. The van der Waals surface area contributed by atoms with Gasteiger partial charge in [-0.2, -0.15) is 9.61 Å². The van der Waals surface area contributed by atoms with Gasteiger partial charge in [0.2, 0.25) is 16.2 Å². The number of anilines is 1. The fraction of sp³-hybridized carbons (Fsp3) is 0.263. The van der Waals surface area contributed by atoms with E-state index in [1.165, 1.54) is 28.7 Å². The van der Waals surface area contributed by atoms with E-state index >= 15 is 0 Å². The van der Waals surface area contributed by atoms with Gasteiger partial charge in [-0.25, -0.2) is 0 Å². The molecule has 0 aliphatic rings. The zero-order valence-electron chi connectivity index (χ0n) is 16.0. The molecule has 1 N–H and O–H groups in total. The third-order valence-corrected chi connectivity index (χ3v) is 6.14. The van der Waals surface area contributed by atoms with Gasteiger partial charge in [0.05, 0.1) is 11.4 Å². The highest BCUT2D eigenvalue weighted by Gasteiger charge is 2.13. The second-order valence-corrected chi connectivity index (χ2v) is 8.22. The number of amides is 1. The number of hydrogen-bond acceptors (Lipinski definition) is 8. The van der Waals surface area contributed by atoms with Crippen molar-refractivity contribution in [2.24, 2.45) is 0 Å². The summed E-state index contributed by atoms with van der Waals surface area (Å²) in [4.78, 5) is 12.2. The van der Waals surface area contributed by atoms with Crippen molar-refractivity contribution < 1.29 is 4.79 Å². The average molecular weight is 426 g/mol. The summed E-state index contributed by atoms with van der Waals surface area (Å²) in [7, 11) is 0. The molecule has 4 rings (SSSR count). The van der Waals surface area contributed by atoms with Crippen LogP contribution >= 0.6 is 23.1 Å².